The van der Waals surface area contributed by atoms with Gasteiger partial charge in [-0.2, -0.15) is 5.10 Å². The summed E-state index contributed by atoms with van der Waals surface area (Å²) in [5, 5.41) is 8.18. The molecule has 1 aromatic carbocycles. The Morgan fingerprint density at radius 3 is 2.47 bits per heavy atom. The molecule has 1 amide bonds. The smallest absolute Gasteiger partial charge is 0.322 e. The molecule has 0 fully saturated rings. The van der Waals surface area contributed by atoms with Gasteiger partial charge in [0.25, 0.3) is 0 Å². The van der Waals surface area contributed by atoms with E-state index < -0.39 is 5.41 Å². The van der Waals surface area contributed by atoms with E-state index in [4.69, 9.17) is 10.5 Å². The maximum absolute atomic E-state index is 12.6. The molecule has 5 rings (SSSR count). The zero-order chi connectivity index (χ0) is 27.2. The maximum atomic E-state index is 12.6. The number of hydrogen-bond donors (Lipinski definition) is 2. The van der Waals surface area contributed by atoms with Crippen LogP contribution in [0.2, 0.25) is 0 Å². The molecule has 0 saturated carbocycles. The Balaban J connectivity index is 1.61. The summed E-state index contributed by atoms with van der Waals surface area (Å²) >= 11 is 0. The average molecular weight is 512 g/mol. The van der Waals surface area contributed by atoms with Gasteiger partial charge in [-0.25, -0.2) is 19.9 Å². The predicted molar refractivity (Wildman–Crippen MR) is 145 cm³/mol. The van der Waals surface area contributed by atoms with Crippen LogP contribution in [0.4, 0.5) is 11.6 Å². The maximum Gasteiger partial charge on any atom is 0.322 e. The molecular weight excluding hydrogens is 482 g/mol. The molecule has 4 heterocycles. The topological polar surface area (TPSA) is 139 Å². The number of nitrogens with zero attached hydrogens (tertiary/aromatic N) is 7. The fraction of sp³-hybridized carbons (Fsp3) is 0.259. The summed E-state index contributed by atoms with van der Waals surface area (Å²) < 4.78 is 9.52. The van der Waals surface area contributed by atoms with Gasteiger partial charge in [-0.05, 0) is 30.7 Å². The van der Waals surface area contributed by atoms with Gasteiger partial charge in [0, 0.05) is 43.0 Å². The van der Waals surface area contributed by atoms with E-state index in [-0.39, 0.29) is 11.9 Å². The van der Waals surface area contributed by atoms with Crippen molar-refractivity contribution in [1.29, 1.82) is 0 Å². The third-order valence-electron chi connectivity index (χ3n) is 6.17. The second kappa shape index (κ2) is 9.25. The van der Waals surface area contributed by atoms with Gasteiger partial charge in [0.05, 0.1) is 16.8 Å². The molecule has 4 aromatic heterocycles. The molecular formula is C27H29N9O2. The van der Waals surface area contributed by atoms with Crippen LogP contribution in [0.25, 0.3) is 33.5 Å². The van der Waals surface area contributed by atoms with Crippen LogP contribution in [0, 0.1) is 12.3 Å². The largest absolute Gasteiger partial charge is 0.424 e. The van der Waals surface area contributed by atoms with Crippen molar-refractivity contribution in [1.82, 2.24) is 34.3 Å². The van der Waals surface area contributed by atoms with E-state index in [2.05, 4.69) is 30.4 Å². The van der Waals surface area contributed by atoms with Crippen LogP contribution in [0.15, 0.2) is 48.9 Å². The molecule has 0 saturated heterocycles. The van der Waals surface area contributed by atoms with Gasteiger partial charge < -0.3 is 20.4 Å². The molecule has 0 bridgehead atoms. The molecule has 0 aliphatic rings. The monoisotopic (exact) mass is 511 g/mol. The number of ether oxygens (including phenoxy) is 1. The third-order valence-corrected chi connectivity index (χ3v) is 6.17. The minimum absolute atomic E-state index is 0.122. The highest BCUT2D eigenvalue weighted by Crippen LogP contribution is 2.42. The fourth-order valence-electron chi connectivity index (χ4n) is 4.18. The van der Waals surface area contributed by atoms with Gasteiger partial charge >= 0.3 is 6.01 Å². The van der Waals surface area contributed by atoms with E-state index in [1.54, 1.807) is 10.9 Å². The summed E-state index contributed by atoms with van der Waals surface area (Å²) in [6.45, 7) is 7.45. The van der Waals surface area contributed by atoms with Crippen LogP contribution in [0.1, 0.15) is 26.5 Å². The zero-order valence-electron chi connectivity index (χ0n) is 22.1. The second-order valence-electron chi connectivity index (χ2n) is 10.1. The number of carbonyl (C=O) groups excluding carboxylic acids is 1. The standard InChI is InChI=1S/C27H29N9O2/c1-15-11-12-29-26(32-15)38-17-9-7-16(8-10-17)20-21-23(28)30-14-31-24(21)35(5)22(20)18-13-19(34-36(18)6)33-25(37)27(2,3)4/h7-14H,1-6H3,(H2,28,30,31)(H,33,34,37). The quantitative estimate of drug-likeness (QED) is 0.352. The zero-order valence-corrected chi connectivity index (χ0v) is 22.1. The highest BCUT2D eigenvalue weighted by Gasteiger charge is 2.26. The van der Waals surface area contributed by atoms with Crippen molar-refractivity contribution >= 4 is 28.6 Å². The Kier molecular flexibility index (Phi) is 6.06. The number of rotatable bonds is 5. The molecule has 38 heavy (non-hydrogen) atoms. The summed E-state index contributed by atoms with van der Waals surface area (Å²) in [5.74, 6) is 1.30. The Morgan fingerprint density at radius 1 is 1.05 bits per heavy atom. The number of aryl methyl sites for hydroxylation is 3. The van der Waals surface area contributed by atoms with E-state index in [0.717, 1.165) is 33.6 Å². The van der Waals surface area contributed by atoms with Gasteiger partial charge in [-0.3, -0.25) is 9.48 Å². The Labute approximate surface area is 219 Å². The lowest BCUT2D eigenvalue weighted by Crippen LogP contribution is -2.27. The number of nitrogen functional groups attached to an aromatic ring is 1. The first-order valence-electron chi connectivity index (χ1n) is 12.1. The number of carbonyl (C=O) groups is 1. The number of benzene rings is 1. The van der Waals surface area contributed by atoms with E-state index in [1.165, 1.54) is 6.33 Å². The number of nitrogens with two attached hydrogens (primary N) is 1. The average Bonchev–Trinajstić information content (AvgIpc) is 3.36. The Bertz CT molecular complexity index is 1660. The third kappa shape index (κ3) is 4.54. The number of aromatic nitrogens is 7. The van der Waals surface area contributed by atoms with Gasteiger partial charge in [-0.15, -0.1) is 0 Å². The van der Waals surface area contributed by atoms with E-state index >= 15 is 0 Å². The summed E-state index contributed by atoms with van der Waals surface area (Å²) in [6.07, 6.45) is 3.10. The van der Waals surface area contributed by atoms with Crippen LogP contribution in [0.5, 0.6) is 11.8 Å². The van der Waals surface area contributed by atoms with Crippen LogP contribution in [-0.2, 0) is 18.9 Å². The summed E-state index contributed by atoms with van der Waals surface area (Å²) in [6, 6.07) is 11.5. The Morgan fingerprint density at radius 2 is 1.79 bits per heavy atom. The number of hydrogen-bond acceptors (Lipinski definition) is 8. The van der Waals surface area contributed by atoms with Crippen molar-refractivity contribution in [2.45, 2.75) is 27.7 Å². The molecule has 11 heteroatoms. The van der Waals surface area contributed by atoms with Gasteiger partial charge in [0.1, 0.15) is 23.5 Å². The lowest BCUT2D eigenvalue weighted by Gasteiger charge is -2.16. The molecule has 3 N–H and O–H groups in total. The molecule has 0 aliphatic carbocycles. The lowest BCUT2D eigenvalue weighted by atomic mass is 9.96. The van der Waals surface area contributed by atoms with Crippen molar-refractivity contribution < 1.29 is 9.53 Å². The highest BCUT2D eigenvalue weighted by molar-refractivity contribution is 6.07. The highest BCUT2D eigenvalue weighted by atomic mass is 16.5. The van der Waals surface area contributed by atoms with E-state index in [1.807, 2.05) is 82.8 Å². The first-order chi connectivity index (χ1) is 18.0. The molecule has 11 nitrogen and oxygen atoms in total. The molecule has 0 aliphatic heterocycles. The molecule has 0 unspecified atom stereocenters. The molecule has 194 valence electrons. The van der Waals surface area contributed by atoms with Crippen molar-refractivity contribution in [3.8, 4) is 34.3 Å². The normalized spacial score (nSPS) is 11.6. The van der Waals surface area contributed by atoms with Crippen molar-refractivity contribution in [2.24, 2.45) is 19.5 Å². The van der Waals surface area contributed by atoms with Crippen molar-refractivity contribution in [3.63, 3.8) is 0 Å². The van der Waals surface area contributed by atoms with E-state index in [0.29, 0.717) is 23.0 Å². The van der Waals surface area contributed by atoms with Crippen molar-refractivity contribution in [2.75, 3.05) is 11.1 Å². The van der Waals surface area contributed by atoms with Gasteiger partial charge in [0.2, 0.25) is 5.91 Å². The van der Waals surface area contributed by atoms with E-state index in [9.17, 15) is 4.79 Å². The SMILES string of the molecule is Cc1ccnc(Oc2ccc(-c3c(-c4cc(NC(=O)C(C)(C)C)nn4C)n(C)c4ncnc(N)c34)cc2)n1. The number of amides is 1. The number of nitrogens with one attached hydrogen (secondary N) is 1. The van der Waals surface area contributed by atoms with Crippen LogP contribution < -0.4 is 15.8 Å². The van der Waals surface area contributed by atoms with Crippen LogP contribution in [0.3, 0.4) is 0 Å². The minimum atomic E-state index is -0.556. The summed E-state index contributed by atoms with van der Waals surface area (Å²) in [5.41, 5.74) is 10.6. The van der Waals surface area contributed by atoms with Crippen LogP contribution >= 0.6 is 0 Å². The predicted octanol–water partition coefficient (Wildman–Crippen LogP) is 4.49. The number of fused-ring (bicyclic) bond motifs is 1. The molecule has 0 atom stereocenters. The summed E-state index contributed by atoms with van der Waals surface area (Å²) in [4.78, 5) is 29.8. The number of anilines is 2. The first kappa shape index (κ1) is 24.9. The Hall–Kier alpha value is -4.80. The minimum Gasteiger partial charge on any atom is -0.424 e. The van der Waals surface area contributed by atoms with Crippen LogP contribution in [-0.4, -0.2) is 40.2 Å². The molecule has 0 spiro atoms. The van der Waals surface area contributed by atoms with Gasteiger partial charge in [-0.1, -0.05) is 32.9 Å². The first-order valence-corrected chi connectivity index (χ1v) is 12.1. The lowest BCUT2D eigenvalue weighted by molar-refractivity contribution is -0.123. The fourth-order valence-corrected chi connectivity index (χ4v) is 4.18. The molecule has 0 radical (unpaired) electrons. The molecule has 5 aromatic rings. The van der Waals surface area contributed by atoms with Gasteiger partial charge in [0.15, 0.2) is 5.82 Å². The summed E-state index contributed by atoms with van der Waals surface area (Å²) in [7, 11) is 3.75. The van der Waals surface area contributed by atoms with Crippen molar-refractivity contribution in [3.05, 3.63) is 54.6 Å². The second-order valence-corrected chi connectivity index (χ2v) is 10.1.